The molecule has 0 unspecified atom stereocenters. The summed E-state index contributed by atoms with van der Waals surface area (Å²) in [7, 11) is 0. The summed E-state index contributed by atoms with van der Waals surface area (Å²) in [5.41, 5.74) is 3.47. The van der Waals surface area contributed by atoms with E-state index in [0.29, 0.717) is 28.0 Å². The van der Waals surface area contributed by atoms with Crippen LogP contribution in [0.4, 0.5) is 0 Å². The molecule has 0 saturated carbocycles. The number of hydrogen-bond donors (Lipinski definition) is 0. The lowest BCUT2D eigenvalue weighted by molar-refractivity contribution is 0.104. The Labute approximate surface area is 196 Å². The van der Waals surface area contributed by atoms with Gasteiger partial charge in [-0.05, 0) is 74.7 Å². The van der Waals surface area contributed by atoms with Gasteiger partial charge in [-0.2, -0.15) is 0 Å². The molecule has 0 aromatic heterocycles. The maximum atomic E-state index is 12.3. The molecule has 6 heteroatoms. The Bertz CT molecular complexity index is 1050. The monoisotopic (exact) mass is 552 g/mol. The highest BCUT2D eigenvalue weighted by Crippen LogP contribution is 2.36. The Morgan fingerprint density at radius 1 is 1.00 bits per heavy atom. The summed E-state index contributed by atoms with van der Waals surface area (Å²) in [6.45, 7) is 2.29. The van der Waals surface area contributed by atoms with Crippen LogP contribution in [0, 0.1) is 6.92 Å². The van der Waals surface area contributed by atoms with Crippen molar-refractivity contribution in [1.29, 1.82) is 0 Å². The van der Waals surface area contributed by atoms with Crippen LogP contribution >= 0.6 is 55.1 Å². The van der Waals surface area contributed by atoms with E-state index in [9.17, 15) is 4.79 Å². The molecule has 0 saturated heterocycles. The molecule has 0 aliphatic carbocycles. The van der Waals surface area contributed by atoms with Gasteiger partial charge in [-0.3, -0.25) is 4.79 Å². The lowest BCUT2D eigenvalue weighted by Gasteiger charge is -2.12. The van der Waals surface area contributed by atoms with Crippen molar-refractivity contribution in [2.24, 2.45) is 0 Å². The lowest BCUT2D eigenvalue weighted by Crippen LogP contribution is -1.98. The summed E-state index contributed by atoms with van der Waals surface area (Å²) in [6.07, 6.45) is 3.34. The minimum atomic E-state index is -0.0463. The number of hydrogen-bond acceptors (Lipinski definition) is 2. The first-order valence-corrected chi connectivity index (χ1v) is 11.0. The van der Waals surface area contributed by atoms with Gasteiger partial charge in [0.25, 0.3) is 0 Å². The number of ether oxygens (including phenoxy) is 1. The molecule has 3 aromatic rings. The van der Waals surface area contributed by atoms with Crippen molar-refractivity contribution >= 4 is 66.9 Å². The van der Waals surface area contributed by atoms with Gasteiger partial charge in [0.1, 0.15) is 12.4 Å². The first-order valence-electron chi connectivity index (χ1n) is 8.68. The van der Waals surface area contributed by atoms with Crippen molar-refractivity contribution < 1.29 is 9.53 Å². The second kappa shape index (κ2) is 9.94. The second-order valence-corrected chi connectivity index (χ2v) is 8.95. The third kappa shape index (κ3) is 5.95. The molecule has 3 rings (SSSR count). The second-order valence-electron chi connectivity index (χ2n) is 6.40. The average molecular weight is 555 g/mol. The number of rotatable bonds is 6. The largest absolute Gasteiger partial charge is 0.486 e. The molecule has 29 heavy (non-hydrogen) atoms. The van der Waals surface area contributed by atoms with Gasteiger partial charge in [0.15, 0.2) is 5.78 Å². The van der Waals surface area contributed by atoms with E-state index in [4.69, 9.17) is 27.9 Å². The minimum Gasteiger partial charge on any atom is -0.486 e. The van der Waals surface area contributed by atoms with Gasteiger partial charge in [-0.1, -0.05) is 65.2 Å². The van der Waals surface area contributed by atoms with Crippen LogP contribution in [0.1, 0.15) is 27.0 Å². The Kier molecular flexibility index (Phi) is 7.58. The summed E-state index contributed by atoms with van der Waals surface area (Å²) in [6, 6.07) is 16.6. The molecule has 0 amide bonds. The fourth-order valence-corrected chi connectivity index (χ4v) is 4.50. The number of carbonyl (C=O) groups is 1. The summed E-state index contributed by atoms with van der Waals surface area (Å²) in [5.74, 6) is 0.605. The van der Waals surface area contributed by atoms with Crippen LogP contribution in [0.5, 0.6) is 5.75 Å². The van der Waals surface area contributed by atoms with E-state index in [2.05, 4.69) is 31.9 Å². The van der Waals surface area contributed by atoms with E-state index in [-0.39, 0.29) is 5.78 Å². The maximum Gasteiger partial charge on any atom is 0.185 e. The van der Waals surface area contributed by atoms with Gasteiger partial charge < -0.3 is 4.74 Å². The highest BCUT2D eigenvalue weighted by molar-refractivity contribution is 9.11. The number of aryl methyl sites for hydroxylation is 1. The number of halogens is 4. The van der Waals surface area contributed by atoms with Crippen molar-refractivity contribution in [2.45, 2.75) is 13.5 Å². The summed E-state index contributed by atoms with van der Waals surface area (Å²) >= 11 is 19.2. The van der Waals surface area contributed by atoms with Gasteiger partial charge in [0, 0.05) is 21.2 Å². The summed E-state index contributed by atoms with van der Waals surface area (Å²) in [4.78, 5) is 12.3. The van der Waals surface area contributed by atoms with Crippen LogP contribution in [0.3, 0.4) is 0 Å². The maximum absolute atomic E-state index is 12.3. The van der Waals surface area contributed by atoms with E-state index in [0.717, 1.165) is 25.6 Å². The fourth-order valence-electron chi connectivity index (χ4n) is 2.59. The predicted molar refractivity (Wildman–Crippen MR) is 127 cm³/mol. The van der Waals surface area contributed by atoms with E-state index in [1.807, 2.05) is 49.4 Å². The Morgan fingerprint density at radius 2 is 1.66 bits per heavy atom. The number of carbonyl (C=O) groups excluding carboxylic acids is 1. The van der Waals surface area contributed by atoms with Crippen molar-refractivity contribution in [3.63, 3.8) is 0 Å². The normalized spacial score (nSPS) is 11.1. The summed E-state index contributed by atoms with van der Waals surface area (Å²) in [5, 5.41) is 1.14. The zero-order valence-corrected chi connectivity index (χ0v) is 20.1. The molecule has 0 atom stereocenters. The van der Waals surface area contributed by atoms with Crippen LogP contribution in [0.15, 0.2) is 69.6 Å². The van der Waals surface area contributed by atoms with Gasteiger partial charge in [0.05, 0.1) is 8.95 Å². The van der Waals surface area contributed by atoms with Crippen LogP contribution in [-0.4, -0.2) is 5.78 Å². The van der Waals surface area contributed by atoms with E-state index < -0.39 is 0 Å². The first-order chi connectivity index (χ1) is 13.8. The quantitative estimate of drug-likeness (QED) is 0.226. The van der Waals surface area contributed by atoms with Crippen LogP contribution in [0.25, 0.3) is 6.08 Å². The standard InChI is InChI=1S/C23H16Br2Cl2O2/c1-14-2-5-16(6-3-14)22(28)9-4-15-10-19(24)23(20(25)11-15)29-13-17-7-8-18(26)12-21(17)27/h2-12H,13H2,1H3/b9-4+. The highest BCUT2D eigenvalue weighted by Gasteiger charge is 2.10. The van der Waals surface area contributed by atoms with Crippen molar-refractivity contribution in [3.8, 4) is 5.75 Å². The molecule has 0 aliphatic heterocycles. The van der Waals surface area contributed by atoms with Gasteiger partial charge >= 0.3 is 0 Å². The molecule has 3 aromatic carbocycles. The summed E-state index contributed by atoms with van der Waals surface area (Å²) < 4.78 is 7.45. The number of ketones is 1. The van der Waals surface area contributed by atoms with Crippen molar-refractivity contribution in [3.05, 3.63) is 102 Å². The average Bonchev–Trinajstić information content (AvgIpc) is 2.67. The number of benzene rings is 3. The first kappa shape index (κ1) is 22.1. The van der Waals surface area contributed by atoms with Gasteiger partial charge in [-0.25, -0.2) is 0 Å². The smallest absolute Gasteiger partial charge is 0.185 e. The zero-order chi connectivity index (χ0) is 21.0. The zero-order valence-electron chi connectivity index (χ0n) is 15.4. The number of allylic oxidation sites excluding steroid dienone is 1. The van der Waals surface area contributed by atoms with Crippen LogP contribution in [0.2, 0.25) is 10.0 Å². The molecule has 148 valence electrons. The molecule has 0 fully saturated rings. The Morgan fingerprint density at radius 3 is 2.28 bits per heavy atom. The van der Waals surface area contributed by atoms with Crippen LogP contribution < -0.4 is 4.74 Å². The van der Waals surface area contributed by atoms with Crippen LogP contribution in [-0.2, 0) is 6.61 Å². The highest BCUT2D eigenvalue weighted by atomic mass is 79.9. The molecule has 0 radical (unpaired) electrons. The van der Waals surface area contributed by atoms with E-state index in [1.54, 1.807) is 24.3 Å². The lowest BCUT2D eigenvalue weighted by atomic mass is 10.1. The van der Waals surface area contributed by atoms with E-state index >= 15 is 0 Å². The van der Waals surface area contributed by atoms with Crippen molar-refractivity contribution in [1.82, 2.24) is 0 Å². The molecule has 0 bridgehead atoms. The van der Waals surface area contributed by atoms with Gasteiger partial charge in [0.2, 0.25) is 0 Å². The third-order valence-corrected chi connectivity index (χ3v) is 5.94. The molecule has 2 nitrogen and oxygen atoms in total. The third-order valence-electron chi connectivity index (χ3n) is 4.17. The topological polar surface area (TPSA) is 26.3 Å². The molecule has 0 spiro atoms. The molecular formula is C23H16Br2Cl2O2. The molecule has 0 aliphatic rings. The van der Waals surface area contributed by atoms with Crippen molar-refractivity contribution in [2.75, 3.05) is 0 Å². The minimum absolute atomic E-state index is 0.0463. The molecule has 0 heterocycles. The molecule has 0 N–H and O–H groups in total. The predicted octanol–water partition coefficient (Wildman–Crippen LogP) is 8.30. The Hall–Kier alpha value is -1.59. The SMILES string of the molecule is Cc1ccc(C(=O)/C=C/c2cc(Br)c(OCc3ccc(Cl)cc3Cl)c(Br)c2)cc1. The molecular weight excluding hydrogens is 539 g/mol. The van der Waals surface area contributed by atoms with E-state index in [1.165, 1.54) is 0 Å². The fraction of sp³-hybridized carbons (Fsp3) is 0.0870. The van der Waals surface area contributed by atoms with Gasteiger partial charge in [-0.15, -0.1) is 0 Å². The Balaban J connectivity index is 1.73.